The van der Waals surface area contributed by atoms with Crippen molar-refractivity contribution in [2.24, 2.45) is 11.8 Å². The van der Waals surface area contributed by atoms with Crippen molar-refractivity contribution in [1.82, 2.24) is 5.32 Å². The third kappa shape index (κ3) is 4.25. The van der Waals surface area contributed by atoms with Crippen LogP contribution in [0.3, 0.4) is 0 Å². The molecule has 0 radical (unpaired) electrons. The number of amides is 1. The van der Waals surface area contributed by atoms with Crippen molar-refractivity contribution in [1.29, 1.82) is 0 Å². The molecule has 0 bridgehead atoms. The molecule has 0 fully saturated rings. The third-order valence-electron chi connectivity index (χ3n) is 2.88. The van der Waals surface area contributed by atoms with Crippen molar-refractivity contribution in [3.63, 3.8) is 0 Å². The number of allylic oxidation sites excluding steroid dienone is 1. The molecule has 1 aliphatic carbocycles. The van der Waals surface area contributed by atoms with Gasteiger partial charge in [-0.2, -0.15) is 0 Å². The summed E-state index contributed by atoms with van der Waals surface area (Å²) in [5.74, 6) is 1.30. The van der Waals surface area contributed by atoms with Gasteiger partial charge in [0.2, 0.25) is 0 Å². The van der Waals surface area contributed by atoms with Gasteiger partial charge in [-0.25, -0.2) is 4.79 Å². The monoisotopic (exact) mass is 225 g/mol. The second-order valence-corrected chi connectivity index (χ2v) is 5.11. The molecule has 92 valence electrons. The number of hydrogen-bond acceptors (Lipinski definition) is 2. The summed E-state index contributed by atoms with van der Waals surface area (Å²) in [6, 6.07) is 0.128. The summed E-state index contributed by atoms with van der Waals surface area (Å²) in [5.41, 5.74) is 0. The number of carbonyl (C=O) groups is 1. The van der Waals surface area contributed by atoms with Gasteiger partial charge in [0, 0.05) is 6.04 Å². The SMILES string of the molecule is CC(C)NC(=O)OC1C=CC(C(C)C)CC1. The molecular weight excluding hydrogens is 202 g/mol. The van der Waals surface area contributed by atoms with Crippen molar-refractivity contribution in [2.45, 2.75) is 52.7 Å². The first-order valence-corrected chi connectivity index (χ1v) is 6.14. The van der Waals surface area contributed by atoms with Gasteiger partial charge in [0.25, 0.3) is 0 Å². The number of carbonyl (C=O) groups excluding carboxylic acids is 1. The molecule has 0 aromatic rings. The Balaban J connectivity index is 2.36. The van der Waals surface area contributed by atoms with E-state index in [0.29, 0.717) is 11.8 Å². The molecule has 2 unspecified atom stereocenters. The number of ether oxygens (including phenoxy) is 1. The van der Waals surface area contributed by atoms with Crippen molar-refractivity contribution in [3.8, 4) is 0 Å². The van der Waals surface area contributed by atoms with Crippen molar-refractivity contribution in [2.75, 3.05) is 0 Å². The Morgan fingerprint density at radius 2 is 1.94 bits per heavy atom. The van der Waals surface area contributed by atoms with Gasteiger partial charge in [-0.1, -0.05) is 19.9 Å². The molecule has 1 aliphatic rings. The molecule has 0 aromatic heterocycles. The number of hydrogen-bond donors (Lipinski definition) is 1. The number of rotatable bonds is 3. The number of alkyl carbamates (subject to hydrolysis) is 1. The average Bonchev–Trinajstić information content (AvgIpc) is 2.16. The highest BCUT2D eigenvalue weighted by Gasteiger charge is 2.20. The van der Waals surface area contributed by atoms with Crippen LogP contribution >= 0.6 is 0 Å². The van der Waals surface area contributed by atoms with E-state index in [1.807, 2.05) is 19.9 Å². The van der Waals surface area contributed by atoms with Crippen LogP contribution in [0.15, 0.2) is 12.2 Å². The van der Waals surface area contributed by atoms with Gasteiger partial charge in [0.15, 0.2) is 0 Å². The molecule has 0 saturated carbocycles. The van der Waals surface area contributed by atoms with Crippen molar-refractivity contribution >= 4 is 6.09 Å². The Kier molecular flexibility index (Phi) is 4.84. The Bertz CT molecular complexity index is 259. The lowest BCUT2D eigenvalue weighted by molar-refractivity contribution is 0.105. The summed E-state index contributed by atoms with van der Waals surface area (Å²) in [6.45, 7) is 8.29. The molecule has 16 heavy (non-hydrogen) atoms. The van der Waals surface area contributed by atoms with E-state index in [0.717, 1.165) is 12.8 Å². The summed E-state index contributed by atoms with van der Waals surface area (Å²) in [5, 5.41) is 2.73. The largest absolute Gasteiger partial charge is 0.442 e. The lowest BCUT2D eigenvalue weighted by Gasteiger charge is -2.25. The quantitative estimate of drug-likeness (QED) is 0.749. The van der Waals surface area contributed by atoms with E-state index in [2.05, 4.69) is 25.2 Å². The van der Waals surface area contributed by atoms with Gasteiger partial charge < -0.3 is 10.1 Å². The van der Waals surface area contributed by atoms with E-state index in [9.17, 15) is 4.79 Å². The van der Waals surface area contributed by atoms with Crippen LogP contribution in [0, 0.1) is 11.8 Å². The van der Waals surface area contributed by atoms with Crippen LogP contribution in [0.4, 0.5) is 4.79 Å². The maximum Gasteiger partial charge on any atom is 0.407 e. The zero-order valence-corrected chi connectivity index (χ0v) is 10.7. The van der Waals surface area contributed by atoms with Crippen LogP contribution in [0.1, 0.15) is 40.5 Å². The molecule has 0 heterocycles. The van der Waals surface area contributed by atoms with Gasteiger partial charge in [0.05, 0.1) is 0 Å². The Labute approximate surface area is 98.2 Å². The maximum atomic E-state index is 11.4. The number of nitrogens with one attached hydrogen (secondary N) is 1. The van der Waals surface area contributed by atoms with Gasteiger partial charge in [-0.05, 0) is 44.6 Å². The highest BCUT2D eigenvalue weighted by Crippen LogP contribution is 2.25. The molecule has 0 aromatic carbocycles. The molecule has 1 amide bonds. The first-order chi connectivity index (χ1) is 7.49. The highest BCUT2D eigenvalue weighted by atomic mass is 16.6. The predicted octanol–water partition coefficient (Wildman–Crippen LogP) is 3.11. The molecule has 2 atom stereocenters. The smallest absolute Gasteiger partial charge is 0.407 e. The minimum atomic E-state index is -0.312. The van der Waals surface area contributed by atoms with Crippen LogP contribution in [-0.4, -0.2) is 18.2 Å². The lowest BCUT2D eigenvalue weighted by atomic mass is 9.86. The van der Waals surface area contributed by atoms with E-state index < -0.39 is 0 Å². The van der Waals surface area contributed by atoms with Crippen LogP contribution < -0.4 is 5.32 Å². The summed E-state index contributed by atoms with van der Waals surface area (Å²) in [7, 11) is 0. The van der Waals surface area contributed by atoms with E-state index in [1.165, 1.54) is 0 Å². The Hall–Kier alpha value is -0.990. The second kappa shape index (κ2) is 5.92. The standard InChI is InChI=1S/C13H23NO2/c1-9(2)11-5-7-12(8-6-11)16-13(15)14-10(3)4/h5,7,9-12H,6,8H2,1-4H3,(H,14,15). The molecule has 3 nitrogen and oxygen atoms in total. The second-order valence-electron chi connectivity index (χ2n) is 5.11. The summed E-state index contributed by atoms with van der Waals surface area (Å²) in [6.07, 6.45) is 5.88. The predicted molar refractivity (Wildman–Crippen MR) is 65.2 cm³/mol. The highest BCUT2D eigenvalue weighted by molar-refractivity contribution is 5.67. The zero-order valence-electron chi connectivity index (χ0n) is 10.7. The van der Waals surface area contributed by atoms with E-state index in [1.54, 1.807) is 0 Å². The Morgan fingerprint density at radius 1 is 1.25 bits per heavy atom. The van der Waals surface area contributed by atoms with Gasteiger partial charge in [0.1, 0.15) is 6.10 Å². The lowest BCUT2D eigenvalue weighted by Crippen LogP contribution is -2.34. The molecule has 1 N–H and O–H groups in total. The van der Waals surface area contributed by atoms with Crippen LogP contribution in [0.25, 0.3) is 0 Å². The fourth-order valence-corrected chi connectivity index (χ4v) is 1.88. The molecular formula is C13H23NO2. The normalized spacial score (nSPS) is 24.9. The third-order valence-corrected chi connectivity index (χ3v) is 2.88. The molecule has 0 spiro atoms. The maximum absolute atomic E-state index is 11.4. The van der Waals surface area contributed by atoms with Gasteiger partial charge in [-0.15, -0.1) is 0 Å². The summed E-state index contributed by atoms with van der Waals surface area (Å²) >= 11 is 0. The zero-order chi connectivity index (χ0) is 12.1. The Morgan fingerprint density at radius 3 is 2.38 bits per heavy atom. The minimum Gasteiger partial charge on any atom is -0.442 e. The van der Waals surface area contributed by atoms with Gasteiger partial charge in [-0.3, -0.25) is 0 Å². The summed E-state index contributed by atoms with van der Waals surface area (Å²) in [4.78, 5) is 11.4. The first-order valence-electron chi connectivity index (χ1n) is 6.14. The average molecular weight is 225 g/mol. The fourth-order valence-electron chi connectivity index (χ4n) is 1.88. The van der Waals surface area contributed by atoms with Gasteiger partial charge >= 0.3 is 6.09 Å². The minimum absolute atomic E-state index is 0.0475. The topological polar surface area (TPSA) is 38.3 Å². The molecule has 0 aliphatic heterocycles. The molecule has 3 heteroatoms. The molecule has 0 saturated heterocycles. The van der Waals surface area contributed by atoms with E-state index >= 15 is 0 Å². The first kappa shape index (κ1) is 13.1. The van der Waals surface area contributed by atoms with E-state index in [4.69, 9.17) is 4.74 Å². The van der Waals surface area contributed by atoms with Crippen LogP contribution in [0.5, 0.6) is 0 Å². The van der Waals surface area contributed by atoms with Crippen molar-refractivity contribution < 1.29 is 9.53 Å². The van der Waals surface area contributed by atoms with Crippen LogP contribution in [-0.2, 0) is 4.74 Å². The molecule has 1 rings (SSSR count). The fraction of sp³-hybridized carbons (Fsp3) is 0.769. The van der Waals surface area contributed by atoms with E-state index in [-0.39, 0.29) is 18.2 Å². The summed E-state index contributed by atoms with van der Waals surface area (Å²) < 4.78 is 5.29. The van der Waals surface area contributed by atoms with Crippen LogP contribution in [0.2, 0.25) is 0 Å². The van der Waals surface area contributed by atoms with Crippen molar-refractivity contribution in [3.05, 3.63) is 12.2 Å².